The van der Waals surface area contributed by atoms with E-state index >= 15 is 0 Å². The lowest BCUT2D eigenvalue weighted by Crippen LogP contribution is -2.40. The first-order valence-corrected chi connectivity index (χ1v) is 6.22. The summed E-state index contributed by atoms with van der Waals surface area (Å²) < 4.78 is 10.1. The van der Waals surface area contributed by atoms with Crippen molar-refractivity contribution in [1.29, 1.82) is 0 Å². The zero-order chi connectivity index (χ0) is 14.4. The number of amides is 2. The van der Waals surface area contributed by atoms with Crippen LogP contribution in [0.4, 0.5) is 4.79 Å². The average Bonchev–Trinajstić information content (AvgIpc) is 2.84. The number of ether oxygens (including phenoxy) is 1. The van der Waals surface area contributed by atoms with Gasteiger partial charge in [0, 0.05) is 13.1 Å². The number of carbonyl (C=O) groups is 2. The first kappa shape index (κ1) is 15.1. The standard InChI is InChI=1S/C13H20N2O4/c1-5-18-12(16)11-7-6-10(19-11)8-14-13(17)15(4)9(2)3/h6-7,9H,5,8H2,1-4H3,(H,14,17). The summed E-state index contributed by atoms with van der Waals surface area (Å²) >= 11 is 0. The van der Waals surface area contributed by atoms with Crippen molar-refractivity contribution in [2.45, 2.75) is 33.4 Å². The highest BCUT2D eigenvalue weighted by Crippen LogP contribution is 2.09. The highest BCUT2D eigenvalue weighted by Gasteiger charge is 2.14. The molecule has 1 aromatic heterocycles. The number of urea groups is 1. The van der Waals surface area contributed by atoms with Crippen LogP contribution in [0.15, 0.2) is 16.5 Å². The van der Waals surface area contributed by atoms with Gasteiger partial charge in [-0.2, -0.15) is 0 Å². The summed E-state index contributed by atoms with van der Waals surface area (Å²) in [4.78, 5) is 24.6. The molecule has 0 fully saturated rings. The summed E-state index contributed by atoms with van der Waals surface area (Å²) in [5.74, 6) is 0.149. The molecule has 0 aliphatic carbocycles. The molecule has 0 aromatic carbocycles. The Kier molecular flexibility index (Phi) is 5.41. The van der Waals surface area contributed by atoms with Crippen molar-refractivity contribution in [2.24, 2.45) is 0 Å². The second-order valence-electron chi connectivity index (χ2n) is 4.35. The molecule has 1 rings (SSSR count). The Morgan fingerprint density at radius 1 is 1.42 bits per heavy atom. The summed E-state index contributed by atoms with van der Waals surface area (Å²) in [6.45, 7) is 6.10. The van der Waals surface area contributed by atoms with Crippen molar-refractivity contribution >= 4 is 12.0 Å². The van der Waals surface area contributed by atoms with Gasteiger partial charge in [0.05, 0.1) is 13.2 Å². The van der Waals surface area contributed by atoms with E-state index in [0.717, 1.165) is 0 Å². The van der Waals surface area contributed by atoms with Crippen molar-refractivity contribution < 1.29 is 18.7 Å². The van der Waals surface area contributed by atoms with Crippen LogP contribution >= 0.6 is 0 Å². The SMILES string of the molecule is CCOC(=O)c1ccc(CNC(=O)N(C)C(C)C)o1. The molecular formula is C13H20N2O4. The van der Waals surface area contributed by atoms with Gasteiger partial charge in [-0.1, -0.05) is 0 Å². The summed E-state index contributed by atoms with van der Waals surface area (Å²) in [6, 6.07) is 3.10. The minimum Gasteiger partial charge on any atom is -0.460 e. The number of carbonyl (C=O) groups excluding carboxylic acids is 2. The van der Waals surface area contributed by atoms with Gasteiger partial charge in [-0.15, -0.1) is 0 Å². The largest absolute Gasteiger partial charge is 0.460 e. The monoisotopic (exact) mass is 268 g/mol. The van der Waals surface area contributed by atoms with Crippen LogP contribution in [0.25, 0.3) is 0 Å². The maximum Gasteiger partial charge on any atom is 0.374 e. The predicted molar refractivity (Wildman–Crippen MR) is 69.8 cm³/mol. The van der Waals surface area contributed by atoms with Gasteiger partial charge < -0.3 is 19.4 Å². The molecule has 0 spiro atoms. The van der Waals surface area contributed by atoms with Crippen molar-refractivity contribution in [1.82, 2.24) is 10.2 Å². The summed E-state index contributed by atoms with van der Waals surface area (Å²) in [7, 11) is 1.71. The third-order valence-corrected chi connectivity index (χ3v) is 2.65. The average molecular weight is 268 g/mol. The maximum absolute atomic E-state index is 11.7. The molecule has 0 bridgehead atoms. The van der Waals surface area contributed by atoms with Gasteiger partial charge in [0.1, 0.15) is 5.76 Å². The quantitative estimate of drug-likeness (QED) is 0.829. The number of hydrogen-bond donors (Lipinski definition) is 1. The van der Waals surface area contributed by atoms with E-state index in [1.54, 1.807) is 24.9 Å². The van der Waals surface area contributed by atoms with E-state index in [1.165, 1.54) is 6.07 Å². The zero-order valence-electron chi connectivity index (χ0n) is 11.7. The number of furan rings is 1. The Hall–Kier alpha value is -1.98. The van der Waals surface area contributed by atoms with Crippen LogP contribution in [-0.4, -0.2) is 36.6 Å². The normalized spacial score (nSPS) is 10.4. The van der Waals surface area contributed by atoms with Gasteiger partial charge in [0.25, 0.3) is 0 Å². The third kappa shape index (κ3) is 4.31. The highest BCUT2D eigenvalue weighted by molar-refractivity contribution is 5.86. The lowest BCUT2D eigenvalue weighted by atomic mass is 10.3. The second kappa shape index (κ2) is 6.82. The van der Waals surface area contributed by atoms with Gasteiger partial charge in [0.2, 0.25) is 5.76 Å². The Labute approximate surface area is 112 Å². The minimum atomic E-state index is -0.501. The first-order chi connectivity index (χ1) is 8.95. The summed E-state index contributed by atoms with van der Waals surface area (Å²) in [6.07, 6.45) is 0. The van der Waals surface area contributed by atoms with Crippen molar-refractivity contribution in [3.05, 3.63) is 23.7 Å². The van der Waals surface area contributed by atoms with Gasteiger partial charge in [-0.25, -0.2) is 9.59 Å². The third-order valence-electron chi connectivity index (χ3n) is 2.65. The molecule has 106 valence electrons. The number of hydrogen-bond acceptors (Lipinski definition) is 4. The van der Waals surface area contributed by atoms with E-state index in [0.29, 0.717) is 12.4 Å². The molecule has 1 N–H and O–H groups in total. The maximum atomic E-state index is 11.7. The molecular weight excluding hydrogens is 248 g/mol. The van der Waals surface area contributed by atoms with E-state index in [1.807, 2.05) is 13.8 Å². The van der Waals surface area contributed by atoms with Crippen LogP contribution in [0.2, 0.25) is 0 Å². The molecule has 0 unspecified atom stereocenters. The van der Waals surface area contributed by atoms with Gasteiger partial charge in [-0.3, -0.25) is 0 Å². The van der Waals surface area contributed by atoms with E-state index < -0.39 is 5.97 Å². The fourth-order valence-corrected chi connectivity index (χ4v) is 1.31. The Morgan fingerprint density at radius 3 is 2.68 bits per heavy atom. The molecule has 0 atom stereocenters. The molecule has 0 saturated carbocycles. The van der Waals surface area contributed by atoms with Crippen LogP contribution in [0.1, 0.15) is 37.1 Å². The predicted octanol–water partition coefficient (Wildman–Crippen LogP) is 2.01. The molecule has 1 aromatic rings. The summed E-state index contributed by atoms with van der Waals surface area (Å²) in [5, 5.41) is 2.71. The number of rotatable bonds is 5. The van der Waals surface area contributed by atoms with Crippen LogP contribution in [0.3, 0.4) is 0 Å². The number of esters is 1. The fourth-order valence-electron chi connectivity index (χ4n) is 1.31. The first-order valence-electron chi connectivity index (χ1n) is 6.22. The van der Waals surface area contributed by atoms with Crippen LogP contribution in [0, 0.1) is 0 Å². The molecule has 19 heavy (non-hydrogen) atoms. The van der Waals surface area contributed by atoms with Crippen LogP contribution in [0.5, 0.6) is 0 Å². The lowest BCUT2D eigenvalue weighted by Gasteiger charge is -2.21. The van der Waals surface area contributed by atoms with Crippen LogP contribution < -0.4 is 5.32 Å². The Bertz CT molecular complexity index is 440. The van der Waals surface area contributed by atoms with E-state index in [-0.39, 0.29) is 24.4 Å². The van der Waals surface area contributed by atoms with Crippen LogP contribution in [-0.2, 0) is 11.3 Å². The molecule has 0 aliphatic rings. The van der Waals surface area contributed by atoms with E-state index in [4.69, 9.17) is 9.15 Å². The summed E-state index contributed by atoms with van der Waals surface area (Å²) in [5.41, 5.74) is 0. The van der Waals surface area contributed by atoms with Gasteiger partial charge >= 0.3 is 12.0 Å². The van der Waals surface area contributed by atoms with E-state index in [9.17, 15) is 9.59 Å². The molecule has 2 amide bonds. The van der Waals surface area contributed by atoms with Crippen molar-refractivity contribution in [3.8, 4) is 0 Å². The smallest absolute Gasteiger partial charge is 0.374 e. The van der Waals surface area contributed by atoms with Gasteiger partial charge in [0.15, 0.2) is 0 Å². The van der Waals surface area contributed by atoms with Gasteiger partial charge in [-0.05, 0) is 32.9 Å². The fraction of sp³-hybridized carbons (Fsp3) is 0.538. The molecule has 0 aliphatic heterocycles. The second-order valence-corrected chi connectivity index (χ2v) is 4.35. The molecule has 6 nitrogen and oxygen atoms in total. The van der Waals surface area contributed by atoms with Crippen molar-refractivity contribution in [3.63, 3.8) is 0 Å². The van der Waals surface area contributed by atoms with E-state index in [2.05, 4.69) is 5.32 Å². The zero-order valence-corrected chi connectivity index (χ0v) is 11.7. The highest BCUT2D eigenvalue weighted by atomic mass is 16.5. The minimum absolute atomic E-state index is 0.117. The van der Waals surface area contributed by atoms with Crippen molar-refractivity contribution in [2.75, 3.05) is 13.7 Å². The number of nitrogens with zero attached hydrogens (tertiary/aromatic N) is 1. The lowest BCUT2D eigenvalue weighted by molar-refractivity contribution is 0.0488. The topological polar surface area (TPSA) is 71.8 Å². The molecule has 0 radical (unpaired) electrons. The molecule has 1 heterocycles. The Morgan fingerprint density at radius 2 is 2.11 bits per heavy atom. The Balaban J connectivity index is 2.51. The molecule has 6 heteroatoms. The molecule has 0 saturated heterocycles. The number of nitrogens with one attached hydrogen (secondary N) is 1.